The lowest BCUT2D eigenvalue weighted by molar-refractivity contribution is 0.0746. The minimum Gasteiger partial charge on any atom is -0.334 e. The number of carbonyl (C=O) groups excluding carboxylic acids is 1. The minimum absolute atomic E-state index is 0.0820. The quantitative estimate of drug-likeness (QED) is 0.751. The molecular weight excluding hydrogens is 357 g/mol. The largest absolute Gasteiger partial charge is 0.334 e. The van der Waals surface area contributed by atoms with Gasteiger partial charge in [0.25, 0.3) is 11.5 Å². The summed E-state index contributed by atoms with van der Waals surface area (Å²) in [5.41, 5.74) is -1.44. The molecule has 2 heterocycles. The second-order valence-electron chi connectivity index (χ2n) is 6.40. The fourth-order valence-corrected chi connectivity index (χ4v) is 3.57. The van der Waals surface area contributed by atoms with Gasteiger partial charge in [-0.3, -0.25) is 9.59 Å². The second-order valence-corrected chi connectivity index (χ2v) is 6.84. The van der Waals surface area contributed by atoms with Crippen molar-refractivity contribution in [2.24, 2.45) is 0 Å². The third kappa shape index (κ3) is 2.76. The average Bonchev–Trinajstić information content (AvgIpc) is 3.05. The van der Waals surface area contributed by atoms with Crippen molar-refractivity contribution in [3.63, 3.8) is 0 Å². The number of amides is 1. The number of aromatic amines is 1. The first-order chi connectivity index (χ1) is 12.5. The van der Waals surface area contributed by atoms with E-state index < -0.39 is 11.6 Å². The zero-order valence-electron chi connectivity index (χ0n) is 13.7. The molecule has 1 amide bonds. The number of aromatic nitrogens is 2. The Hall–Kier alpha value is -2.73. The Bertz CT molecular complexity index is 1070. The normalized spacial score (nSPS) is 19.8. The maximum Gasteiger partial charge on any atom is 0.275 e. The van der Waals surface area contributed by atoms with E-state index in [4.69, 9.17) is 11.6 Å². The molecule has 1 saturated heterocycles. The Balaban J connectivity index is 1.67. The molecular formula is C19H15ClFN3O2. The van der Waals surface area contributed by atoms with Crippen LogP contribution < -0.4 is 5.56 Å². The Morgan fingerprint density at radius 1 is 1.19 bits per heavy atom. The highest BCUT2D eigenvalue weighted by Gasteiger charge is 2.42. The molecule has 1 fully saturated rings. The van der Waals surface area contributed by atoms with E-state index in [9.17, 15) is 9.59 Å². The van der Waals surface area contributed by atoms with E-state index in [2.05, 4.69) is 10.2 Å². The molecule has 1 N–H and O–H groups in total. The van der Waals surface area contributed by atoms with E-state index >= 15 is 4.39 Å². The zero-order valence-corrected chi connectivity index (χ0v) is 14.5. The number of hydrogen-bond donors (Lipinski definition) is 1. The van der Waals surface area contributed by atoms with Crippen LogP contribution in [0.3, 0.4) is 0 Å². The number of fused-ring (bicyclic) bond motifs is 1. The van der Waals surface area contributed by atoms with Crippen molar-refractivity contribution < 1.29 is 9.18 Å². The molecule has 3 aromatic rings. The van der Waals surface area contributed by atoms with Crippen LogP contribution in [-0.4, -0.2) is 34.1 Å². The number of nitrogens with one attached hydrogen (secondary N) is 1. The highest BCUT2D eigenvalue weighted by molar-refractivity contribution is 6.30. The number of benzene rings is 2. The summed E-state index contributed by atoms with van der Waals surface area (Å²) in [7, 11) is 0. The van der Waals surface area contributed by atoms with Gasteiger partial charge < -0.3 is 4.90 Å². The van der Waals surface area contributed by atoms with Gasteiger partial charge in [-0.2, -0.15) is 5.10 Å². The van der Waals surface area contributed by atoms with Crippen molar-refractivity contribution in [1.82, 2.24) is 15.1 Å². The predicted molar refractivity (Wildman–Crippen MR) is 97.1 cm³/mol. The predicted octanol–water partition coefficient (Wildman–Crippen LogP) is 3.29. The van der Waals surface area contributed by atoms with Crippen molar-refractivity contribution in [3.05, 3.63) is 75.2 Å². The molecule has 1 aliphatic rings. The summed E-state index contributed by atoms with van der Waals surface area (Å²) in [5.74, 6) is -0.404. The molecule has 26 heavy (non-hydrogen) atoms. The number of hydrogen-bond acceptors (Lipinski definition) is 3. The number of alkyl halides is 1. The smallest absolute Gasteiger partial charge is 0.275 e. The van der Waals surface area contributed by atoms with E-state index in [1.54, 1.807) is 48.5 Å². The van der Waals surface area contributed by atoms with Crippen LogP contribution in [-0.2, 0) is 5.67 Å². The van der Waals surface area contributed by atoms with Crippen molar-refractivity contribution in [2.75, 3.05) is 13.1 Å². The number of likely N-dealkylation sites (tertiary alicyclic amines) is 1. The van der Waals surface area contributed by atoms with E-state index in [0.717, 1.165) is 0 Å². The number of carbonyl (C=O) groups is 1. The van der Waals surface area contributed by atoms with Crippen LogP contribution in [0.4, 0.5) is 4.39 Å². The Morgan fingerprint density at radius 3 is 2.73 bits per heavy atom. The van der Waals surface area contributed by atoms with Crippen molar-refractivity contribution in [3.8, 4) is 0 Å². The third-order valence-electron chi connectivity index (χ3n) is 4.75. The number of halogens is 2. The van der Waals surface area contributed by atoms with E-state index in [1.807, 2.05) is 0 Å². The van der Waals surface area contributed by atoms with Gasteiger partial charge in [-0.05, 0) is 23.8 Å². The summed E-state index contributed by atoms with van der Waals surface area (Å²) in [5, 5.41) is 7.55. The van der Waals surface area contributed by atoms with Gasteiger partial charge in [-0.1, -0.05) is 41.9 Å². The molecule has 0 aliphatic carbocycles. The lowest BCUT2D eigenvalue weighted by Crippen LogP contribution is -2.33. The number of nitrogens with zero attached hydrogens (tertiary/aromatic N) is 2. The molecule has 5 nitrogen and oxygen atoms in total. The molecule has 1 atom stereocenters. The Labute approximate surface area is 153 Å². The van der Waals surface area contributed by atoms with E-state index in [0.29, 0.717) is 21.4 Å². The van der Waals surface area contributed by atoms with Crippen LogP contribution in [0.5, 0.6) is 0 Å². The van der Waals surface area contributed by atoms with Gasteiger partial charge in [0.15, 0.2) is 11.4 Å². The topological polar surface area (TPSA) is 66.1 Å². The maximum absolute atomic E-state index is 15.4. The van der Waals surface area contributed by atoms with Crippen molar-refractivity contribution >= 4 is 28.3 Å². The molecule has 132 valence electrons. The summed E-state index contributed by atoms with van der Waals surface area (Å²) in [4.78, 5) is 26.2. The lowest BCUT2D eigenvalue weighted by Gasteiger charge is -2.21. The van der Waals surface area contributed by atoms with Gasteiger partial charge >= 0.3 is 0 Å². The Kier molecular flexibility index (Phi) is 4.00. The first-order valence-electron chi connectivity index (χ1n) is 8.20. The fraction of sp³-hybridized carbons (Fsp3) is 0.211. The monoisotopic (exact) mass is 371 g/mol. The average molecular weight is 372 g/mol. The standard InChI is InChI=1S/C19H15ClFN3O2/c20-13-5-3-4-12(10-13)19(21)8-9-24(11-19)18(26)16-14-6-1-2-7-15(14)17(25)23-22-16/h1-7,10H,8-9,11H2,(H,23,25). The van der Waals surface area contributed by atoms with Gasteiger partial charge in [0.1, 0.15) is 0 Å². The maximum atomic E-state index is 15.4. The first kappa shape index (κ1) is 16.7. The molecule has 4 rings (SSSR count). The zero-order chi connectivity index (χ0) is 18.3. The molecule has 1 unspecified atom stereocenters. The van der Waals surface area contributed by atoms with E-state index in [-0.39, 0.29) is 30.8 Å². The highest BCUT2D eigenvalue weighted by atomic mass is 35.5. The molecule has 1 aromatic heterocycles. The fourth-order valence-electron chi connectivity index (χ4n) is 3.38. The molecule has 0 saturated carbocycles. The molecule has 0 bridgehead atoms. The molecule has 0 radical (unpaired) electrons. The summed E-state index contributed by atoms with van der Waals surface area (Å²) < 4.78 is 15.4. The summed E-state index contributed by atoms with van der Waals surface area (Å²) in [6, 6.07) is 13.4. The van der Waals surface area contributed by atoms with Crippen LogP contribution in [0.15, 0.2) is 53.3 Å². The van der Waals surface area contributed by atoms with Gasteiger partial charge in [-0.15, -0.1) is 0 Å². The SMILES string of the molecule is O=C(c1n[nH]c(=O)c2ccccc12)N1CCC(F)(c2cccc(Cl)c2)C1. The van der Waals surface area contributed by atoms with Crippen LogP contribution in [0.2, 0.25) is 5.02 Å². The van der Waals surface area contributed by atoms with Gasteiger partial charge in [0.05, 0.1) is 11.9 Å². The lowest BCUT2D eigenvalue weighted by atomic mass is 9.95. The highest BCUT2D eigenvalue weighted by Crippen LogP contribution is 2.37. The second kappa shape index (κ2) is 6.21. The summed E-state index contributed by atoms with van der Waals surface area (Å²) in [6.07, 6.45) is 0.181. The minimum atomic E-state index is -1.65. The molecule has 0 spiro atoms. The summed E-state index contributed by atoms with van der Waals surface area (Å²) >= 11 is 5.97. The van der Waals surface area contributed by atoms with Crippen LogP contribution >= 0.6 is 11.6 Å². The van der Waals surface area contributed by atoms with Gasteiger partial charge in [-0.25, -0.2) is 9.49 Å². The number of rotatable bonds is 2. The van der Waals surface area contributed by atoms with Gasteiger partial charge in [0, 0.05) is 23.4 Å². The van der Waals surface area contributed by atoms with E-state index in [1.165, 1.54) is 4.90 Å². The number of H-pyrrole nitrogens is 1. The van der Waals surface area contributed by atoms with Crippen molar-refractivity contribution in [2.45, 2.75) is 12.1 Å². The van der Waals surface area contributed by atoms with Crippen LogP contribution in [0, 0.1) is 0 Å². The van der Waals surface area contributed by atoms with Gasteiger partial charge in [0.2, 0.25) is 0 Å². The molecule has 7 heteroatoms. The van der Waals surface area contributed by atoms with Crippen molar-refractivity contribution in [1.29, 1.82) is 0 Å². The molecule has 2 aromatic carbocycles. The summed E-state index contributed by atoms with van der Waals surface area (Å²) in [6.45, 7) is 0.179. The third-order valence-corrected chi connectivity index (χ3v) is 4.98. The van der Waals surface area contributed by atoms with Crippen LogP contribution in [0.25, 0.3) is 10.8 Å². The molecule has 1 aliphatic heterocycles. The first-order valence-corrected chi connectivity index (χ1v) is 8.57. The Morgan fingerprint density at radius 2 is 1.96 bits per heavy atom. The van der Waals surface area contributed by atoms with Crippen LogP contribution in [0.1, 0.15) is 22.5 Å².